The molecule has 110 valence electrons. The molecular weight excluding hydrogens is 266 g/mol. The van der Waals surface area contributed by atoms with Gasteiger partial charge in [0, 0.05) is 50.6 Å². The third kappa shape index (κ3) is 3.00. The Kier molecular flexibility index (Phi) is 3.79. The topological polar surface area (TPSA) is 74.8 Å². The smallest absolute Gasteiger partial charge is 0.255 e. The number of hydrogen-bond donors (Lipinski definition) is 1. The Bertz CT molecular complexity index is 680. The van der Waals surface area contributed by atoms with Gasteiger partial charge >= 0.3 is 0 Å². The lowest BCUT2D eigenvalue weighted by molar-refractivity contribution is 0.238. The van der Waals surface area contributed by atoms with Gasteiger partial charge in [-0.3, -0.25) is 19.7 Å². The lowest BCUT2D eigenvalue weighted by Gasteiger charge is -2.27. The number of nitrogens with one attached hydrogen (secondary N) is 1. The highest BCUT2D eigenvalue weighted by molar-refractivity contribution is 5.21. The molecule has 2 aromatic heterocycles. The van der Waals surface area contributed by atoms with Gasteiger partial charge in [-0.15, -0.1) is 0 Å². The molecule has 3 rings (SSSR count). The third-order valence-electron chi connectivity index (χ3n) is 3.72. The first kappa shape index (κ1) is 13.9. The summed E-state index contributed by atoms with van der Waals surface area (Å²) in [5.41, 5.74) is 2.64. The Labute approximate surface area is 123 Å². The second kappa shape index (κ2) is 5.73. The van der Waals surface area contributed by atoms with Crippen LogP contribution in [0.4, 0.5) is 0 Å². The van der Waals surface area contributed by atoms with E-state index in [4.69, 9.17) is 0 Å². The SMILES string of the molecule is CC(C)c1nc2c(c(=O)[nH]1)CN(Cc1cnccn1)CC2. The second-order valence-electron chi connectivity index (χ2n) is 5.69. The van der Waals surface area contributed by atoms with Crippen LogP contribution in [0.3, 0.4) is 0 Å². The molecule has 1 aliphatic heterocycles. The van der Waals surface area contributed by atoms with E-state index in [1.807, 2.05) is 13.8 Å². The average molecular weight is 285 g/mol. The molecule has 2 aromatic rings. The van der Waals surface area contributed by atoms with Crippen molar-refractivity contribution in [2.24, 2.45) is 0 Å². The highest BCUT2D eigenvalue weighted by Gasteiger charge is 2.22. The van der Waals surface area contributed by atoms with E-state index in [1.54, 1.807) is 18.6 Å². The number of hydrogen-bond acceptors (Lipinski definition) is 5. The molecule has 0 unspecified atom stereocenters. The van der Waals surface area contributed by atoms with Crippen LogP contribution in [-0.4, -0.2) is 31.4 Å². The summed E-state index contributed by atoms with van der Waals surface area (Å²) in [7, 11) is 0. The first-order valence-corrected chi connectivity index (χ1v) is 7.22. The highest BCUT2D eigenvalue weighted by atomic mass is 16.1. The molecule has 0 aliphatic carbocycles. The first-order valence-electron chi connectivity index (χ1n) is 7.22. The van der Waals surface area contributed by atoms with E-state index in [-0.39, 0.29) is 11.5 Å². The van der Waals surface area contributed by atoms with Crippen molar-refractivity contribution in [2.75, 3.05) is 6.54 Å². The van der Waals surface area contributed by atoms with Gasteiger partial charge in [-0.25, -0.2) is 4.98 Å². The zero-order valence-corrected chi connectivity index (χ0v) is 12.3. The molecule has 0 saturated heterocycles. The molecule has 21 heavy (non-hydrogen) atoms. The van der Waals surface area contributed by atoms with E-state index < -0.39 is 0 Å². The highest BCUT2D eigenvalue weighted by Crippen LogP contribution is 2.17. The van der Waals surface area contributed by atoms with Gasteiger partial charge in [0.05, 0.1) is 17.0 Å². The molecule has 1 aliphatic rings. The Hall–Kier alpha value is -2.08. The Morgan fingerprint density at radius 3 is 2.95 bits per heavy atom. The van der Waals surface area contributed by atoms with E-state index in [9.17, 15) is 4.79 Å². The minimum Gasteiger partial charge on any atom is -0.310 e. The summed E-state index contributed by atoms with van der Waals surface area (Å²) in [4.78, 5) is 30.3. The maximum atomic E-state index is 12.2. The molecule has 6 nitrogen and oxygen atoms in total. The van der Waals surface area contributed by atoms with E-state index in [2.05, 4.69) is 24.8 Å². The van der Waals surface area contributed by atoms with Crippen molar-refractivity contribution in [3.05, 3.63) is 51.7 Å². The maximum Gasteiger partial charge on any atom is 0.255 e. The molecule has 6 heteroatoms. The summed E-state index contributed by atoms with van der Waals surface area (Å²) in [6, 6.07) is 0. The fraction of sp³-hybridized carbons (Fsp3) is 0.467. The predicted molar refractivity (Wildman–Crippen MR) is 78.8 cm³/mol. The summed E-state index contributed by atoms with van der Waals surface area (Å²) < 4.78 is 0. The molecule has 0 atom stereocenters. The van der Waals surface area contributed by atoms with Gasteiger partial charge in [0.1, 0.15) is 5.82 Å². The minimum absolute atomic E-state index is 0.00690. The van der Waals surface area contributed by atoms with E-state index >= 15 is 0 Å². The second-order valence-corrected chi connectivity index (χ2v) is 5.69. The van der Waals surface area contributed by atoms with Crippen molar-refractivity contribution < 1.29 is 0 Å². The summed E-state index contributed by atoms with van der Waals surface area (Å²) >= 11 is 0. The molecule has 3 heterocycles. The summed E-state index contributed by atoms with van der Waals surface area (Å²) in [5.74, 6) is 1.02. The number of rotatable bonds is 3. The van der Waals surface area contributed by atoms with Crippen LogP contribution in [0, 0.1) is 0 Å². The third-order valence-corrected chi connectivity index (χ3v) is 3.72. The van der Waals surface area contributed by atoms with E-state index in [1.165, 1.54) is 0 Å². The Morgan fingerprint density at radius 2 is 2.24 bits per heavy atom. The maximum absolute atomic E-state index is 12.2. The van der Waals surface area contributed by atoms with Crippen LogP contribution >= 0.6 is 0 Å². The molecule has 0 bridgehead atoms. The Balaban J connectivity index is 1.81. The van der Waals surface area contributed by atoms with Crippen molar-refractivity contribution in [1.82, 2.24) is 24.8 Å². The lowest BCUT2D eigenvalue weighted by atomic mass is 10.1. The van der Waals surface area contributed by atoms with Crippen molar-refractivity contribution in [3.63, 3.8) is 0 Å². The van der Waals surface area contributed by atoms with Gasteiger partial charge in [-0.1, -0.05) is 13.8 Å². The number of aromatic nitrogens is 4. The van der Waals surface area contributed by atoms with Crippen molar-refractivity contribution in [1.29, 1.82) is 0 Å². The van der Waals surface area contributed by atoms with Crippen molar-refractivity contribution >= 4 is 0 Å². The van der Waals surface area contributed by atoms with E-state index in [0.717, 1.165) is 35.7 Å². The Morgan fingerprint density at radius 1 is 1.38 bits per heavy atom. The van der Waals surface area contributed by atoms with Crippen LogP contribution in [-0.2, 0) is 19.5 Å². The average Bonchev–Trinajstić information content (AvgIpc) is 2.48. The zero-order chi connectivity index (χ0) is 14.8. The van der Waals surface area contributed by atoms with Crippen molar-refractivity contribution in [2.45, 2.75) is 39.3 Å². The monoisotopic (exact) mass is 285 g/mol. The van der Waals surface area contributed by atoms with Gasteiger partial charge in [-0.2, -0.15) is 0 Å². The molecule has 0 amide bonds. The van der Waals surface area contributed by atoms with Crippen LogP contribution < -0.4 is 5.56 Å². The van der Waals surface area contributed by atoms with Gasteiger partial charge in [0.25, 0.3) is 5.56 Å². The van der Waals surface area contributed by atoms with Gasteiger partial charge in [0.15, 0.2) is 0 Å². The standard InChI is InChI=1S/C15H19N5O/c1-10(2)14-18-13-3-6-20(9-12(13)15(21)19-14)8-11-7-16-4-5-17-11/h4-5,7,10H,3,6,8-9H2,1-2H3,(H,18,19,21). The molecular formula is C15H19N5O. The fourth-order valence-corrected chi connectivity index (χ4v) is 2.55. The fourth-order valence-electron chi connectivity index (χ4n) is 2.55. The number of fused-ring (bicyclic) bond motifs is 1. The summed E-state index contributed by atoms with van der Waals surface area (Å²) in [6.07, 6.45) is 5.92. The first-order chi connectivity index (χ1) is 10.1. The normalized spacial score (nSPS) is 15.2. The summed E-state index contributed by atoms with van der Waals surface area (Å²) in [6.45, 7) is 6.28. The van der Waals surface area contributed by atoms with Gasteiger partial charge in [0.2, 0.25) is 0 Å². The quantitative estimate of drug-likeness (QED) is 0.918. The van der Waals surface area contributed by atoms with Crippen LogP contribution in [0.25, 0.3) is 0 Å². The molecule has 0 fully saturated rings. The minimum atomic E-state index is -0.00690. The van der Waals surface area contributed by atoms with Gasteiger partial charge in [-0.05, 0) is 0 Å². The molecule has 0 aromatic carbocycles. The predicted octanol–water partition coefficient (Wildman–Crippen LogP) is 1.24. The number of nitrogens with zero attached hydrogens (tertiary/aromatic N) is 4. The van der Waals surface area contributed by atoms with Crippen LogP contribution in [0.2, 0.25) is 0 Å². The van der Waals surface area contributed by atoms with Crippen LogP contribution in [0.5, 0.6) is 0 Å². The molecule has 0 radical (unpaired) electrons. The van der Waals surface area contributed by atoms with Crippen molar-refractivity contribution in [3.8, 4) is 0 Å². The molecule has 1 N–H and O–H groups in total. The van der Waals surface area contributed by atoms with Crippen LogP contribution in [0.1, 0.15) is 42.5 Å². The lowest BCUT2D eigenvalue weighted by Crippen LogP contribution is -2.36. The summed E-state index contributed by atoms with van der Waals surface area (Å²) in [5, 5.41) is 0. The number of aromatic amines is 1. The molecule has 0 saturated carbocycles. The van der Waals surface area contributed by atoms with Crippen LogP contribution in [0.15, 0.2) is 23.4 Å². The van der Waals surface area contributed by atoms with E-state index in [0.29, 0.717) is 13.1 Å². The number of H-pyrrole nitrogens is 1. The zero-order valence-electron chi connectivity index (χ0n) is 12.3. The largest absolute Gasteiger partial charge is 0.310 e. The van der Waals surface area contributed by atoms with Gasteiger partial charge < -0.3 is 4.98 Å². The molecule has 0 spiro atoms.